The number of aliphatic hydroxyl groups excluding tert-OH is 1. The second-order valence-corrected chi connectivity index (χ2v) is 4.40. The van der Waals surface area contributed by atoms with Gasteiger partial charge in [-0.15, -0.1) is 0 Å². The van der Waals surface area contributed by atoms with E-state index in [1.807, 2.05) is 13.8 Å². The number of β-amino-alcohol motifs (C(OH)–C–C–N with tert-alkyl or cyclic N) is 1. The van der Waals surface area contributed by atoms with Crippen LogP contribution in [0, 0.1) is 5.92 Å². The van der Waals surface area contributed by atoms with Crippen LogP contribution in [0.5, 0.6) is 0 Å². The first-order valence-corrected chi connectivity index (χ1v) is 5.16. The van der Waals surface area contributed by atoms with Gasteiger partial charge in [0, 0.05) is 26.6 Å². The zero-order chi connectivity index (χ0) is 10.7. The molecule has 0 saturated carbocycles. The molecule has 0 aromatic heterocycles. The van der Waals surface area contributed by atoms with E-state index in [1.54, 1.807) is 11.9 Å². The molecule has 0 bridgehead atoms. The van der Waals surface area contributed by atoms with Gasteiger partial charge in [0.2, 0.25) is 5.91 Å². The van der Waals surface area contributed by atoms with E-state index < -0.39 is 6.10 Å². The standard InChI is InChI=1S/C10H20N2O2/c1-7(2)4-10(14)12(3)8-5-11-6-9(8)13/h7-9,11,13H,4-6H2,1-3H3. The van der Waals surface area contributed by atoms with Crippen molar-refractivity contribution in [3.05, 3.63) is 0 Å². The maximum atomic E-state index is 11.7. The monoisotopic (exact) mass is 200 g/mol. The van der Waals surface area contributed by atoms with E-state index >= 15 is 0 Å². The van der Waals surface area contributed by atoms with Crippen LogP contribution in [0.1, 0.15) is 20.3 Å². The topological polar surface area (TPSA) is 52.6 Å². The highest BCUT2D eigenvalue weighted by atomic mass is 16.3. The Hall–Kier alpha value is -0.610. The number of nitrogens with zero attached hydrogens (tertiary/aromatic N) is 1. The van der Waals surface area contributed by atoms with E-state index in [0.717, 1.165) is 0 Å². The highest BCUT2D eigenvalue weighted by Gasteiger charge is 2.30. The van der Waals surface area contributed by atoms with Crippen molar-refractivity contribution in [2.45, 2.75) is 32.4 Å². The highest BCUT2D eigenvalue weighted by Crippen LogP contribution is 2.11. The molecule has 4 nitrogen and oxygen atoms in total. The van der Waals surface area contributed by atoms with Gasteiger partial charge in [0.25, 0.3) is 0 Å². The first-order chi connectivity index (χ1) is 6.52. The number of hydrogen-bond donors (Lipinski definition) is 2. The number of amides is 1. The lowest BCUT2D eigenvalue weighted by Crippen LogP contribution is -2.44. The zero-order valence-corrected chi connectivity index (χ0v) is 9.16. The smallest absolute Gasteiger partial charge is 0.222 e. The molecule has 1 aliphatic heterocycles. The summed E-state index contributed by atoms with van der Waals surface area (Å²) in [6.45, 7) is 5.33. The molecule has 2 unspecified atom stereocenters. The summed E-state index contributed by atoms with van der Waals surface area (Å²) in [6.07, 6.45) is 0.135. The molecule has 2 N–H and O–H groups in total. The molecule has 1 saturated heterocycles. The van der Waals surface area contributed by atoms with Crippen LogP contribution in [0.2, 0.25) is 0 Å². The molecular weight excluding hydrogens is 180 g/mol. The molecule has 0 aliphatic carbocycles. The summed E-state index contributed by atoms with van der Waals surface area (Å²) in [5, 5.41) is 12.7. The lowest BCUT2D eigenvalue weighted by Gasteiger charge is -2.27. The van der Waals surface area contributed by atoms with Crippen LogP contribution in [-0.2, 0) is 4.79 Å². The highest BCUT2D eigenvalue weighted by molar-refractivity contribution is 5.76. The van der Waals surface area contributed by atoms with E-state index in [2.05, 4.69) is 5.32 Å². The third-order valence-electron chi connectivity index (χ3n) is 2.62. The van der Waals surface area contributed by atoms with E-state index in [1.165, 1.54) is 0 Å². The van der Waals surface area contributed by atoms with Gasteiger partial charge in [-0.05, 0) is 5.92 Å². The Balaban J connectivity index is 2.47. The van der Waals surface area contributed by atoms with E-state index in [4.69, 9.17) is 0 Å². The fraction of sp³-hybridized carbons (Fsp3) is 0.900. The lowest BCUT2D eigenvalue weighted by molar-refractivity contribution is -0.134. The lowest BCUT2D eigenvalue weighted by atomic mass is 10.1. The number of nitrogens with one attached hydrogen (secondary N) is 1. The van der Waals surface area contributed by atoms with Gasteiger partial charge in [-0.1, -0.05) is 13.8 Å². The van der Waals surface area contributed by atoms with Crippen molar-refractivity contribution >= 4 is 5.91 Å². The third-order valence-corrected chi connectivity index (χ3v) is 2.62. The Labute approximate surface area is 85.3 Å². The SMILES string of the molecule is CC(C)CC(=O)N(C)C1CNCC1O. The van der Waals surface area contributed by atoms with Gasteiger partial charge >= 0.3 is 0 Å². The number of rotatable bonds is 3. The maximum absolute atomic E-state index is 11.7. The first kappa shape index (κ1) is 11.5. The minimum atomic E-state index is -0.420. The van der Waals surface area contributed by atoms with Gasteiger partial charge in [0.15, 0.2) is 0 Å². The fourth-order valence-electron chi connectivity index (χ4n) is 1.72. The molecule has 0 radical (unpaired) electrons. The average molecular weight is 200 g/mol. The molecule has 4 heteroatoms. The van der Waals surface area contributed by atoms with Gasteiger partial charge in [-0.3, -0.25) is 4.79 Å². The van der Waals surface area contributed by atoms with Gasteiger partial charge in [0.05, 0.1) is 12.1 Å². The van der Waals surface area contributed by atoms with Crippen LogP contribution in [0.4, 0.5) is 0 Å². The fourth-order valence-corrected chi connectivity index (χ4v) is 1.72. The van der Waals surface area contributed by atoms with Gasteiger partial charge in [0.1, 0.15) is 0 Å². The van der Waals surface area contributed by atoms with Crippen molar-refractivity contribution in [3.63, 3.8) is 0 Å². The molecule has 0 spiro atoms. The van der Waals surface area contributed by atoms with Crippen LogP contribution in [0.25, 0.3) is 0 Å². The molecule has 1 fully saturated rings. The first-order valence-electron chi connectivity index (χ1n) is 5.16. The molecule has 1 amide bonds. The van der Waals surface area contributed by atoms with Gasteiger partial charge in [-0.2, -0.15) is 0 Å². The minimum absolute atomic E-state index is 0.0544. The molecular formula is C10H20N2O2. The van der Waals surface area contributed by atoms with E-state index in [0.29, 0.717) is 25.4 Å². The van der Waals surface area contributed by atoms with Crippen molar-refractivity contribution in [2.75, 3.05) is 20.1 Å². The van der Waals surface area contributed by atoms with Crippen LogP contribution >= 0.6 is 0 Å². The number of carbonyl (C=O) groups excluding carboxylic acids is 1. The molecule has 1 rings (SSSR count). The Kier molecular flexibility index (Phi) is 3.89. The molecule has 0 aromatic rings. The normalized spacial score (nSPS) is 26.9. The van der Waals surface area contributed by atoms with Crippen molar-refractivity contribution in [1.29, 1.82) is 0 Å². The van der Waals surface area contributed by atoms with Crippen LogP contribution in [-0.4, -0.2) is 48.2 Å². The minimum Gasteiger partial charge on any atom is -0.390 e. The molecule has 82 valence electrons. The Morgan fingerprint density at radius 3 is 2.64 bits per heavy atom. The summed E-state index contributed by atoms with van der Waals surface area (Å²) in [5.74, 6) is 0.490. The van der Waals surface area contributed by atoms with Crippen LogP contribution < -0.4 is 5.32 Å². The number of carbonyl (C=O) groups is 1. The molecule has 14 heavy (non-hydrogen) atoms. The van der Waals surface area contributed by atoms with Gasteiger partial charge in [-0.25, -0.2) is 0 Å². The number of likely N-dealkylation sites (N-methyl/N-ethyl adjacent to an activating group) is 1. The number of aliphatic hydroxyl groups is 1. The van der Waals surface area contributed by atoms with Crippen LogP contribution in [0.15, 0.2) is 0 Å². The quantitative estimate of drug-likeness (QED) is 0.664. The van der Waals surface area contributed by atoms with Crippen molar-refractivity contribution in [1.82, 2.24) is 10.2 Å². The summed E-state index contributed by atoms with van der Waals surface area (Å²) in [4.78, 5) is 13.3. The largest absolute Gasteiger partial charge is 0.390 e. The number of hydrogen-bond acceptors (Lipinski definition) is 3. The average Bonchev–Trinajstić information content (AvgIpc) is 2.48. The second kappa shape index (κ2) is 4.75. The second-order valence-electron chi connectivity index (χ2n) is 4.40. The zero-order valence-electron chi connectivity index (χ0n) is 9.16. The third kappa shape index (κ3) is 2.69. The van der Waals surface area contributed by atoms with Crippen LogP contribution in [0.3, 0.4) is 0 Å². The maximum Gasteiger partial charge on any atom is 0.222 e. The Bertz CT molecular complexity index is 206. The molecule has 1 heterocycles. The Morgan fingerprint density at radius 1 is 1.57 bits per heavy atom. The van der Waals surface area contributed by atoms with E-state index in [-0.39, 0.29) is 11.9 Å². The van der Waals surface area contributed by atoms with Crippen molar-refractivity contribution in [3.8, 4) is 0 Å². The predicted octanol–water partition coefficient (Wildman–Crippen LogP) is -0.176. The summed E-state index contributed by atoms with van der Waals surface area (Å²) in [6, 6.07) is -0.0544. The summed E-state index contributed by atoms with van der Waals surface area (Å²) < 4.78 is 0. The Morgan fingerprint density at radius 2 is 2.21 bits per heavy atom. The summed E-state index contributed by atoms with van der Waals surface area (Å²) >= 11 is 0. The van der Waals surface area contributed by atoms with Crippen molar-refractivity contribution in [2.24, 2.45) is 5.92 Å². The molecule has 2 atom stereocenters. The van der Waals surface area contributed by atoms with E-state index in [9.17, 15) is 9.90 Å². The molecule has 0 aromatic carbocycles. The predicted molar refractivity (Wildman–Crippen MR) is 54.9 cm³/mol. The van der Waals surface area contributed by atoms with Crippen molar-refractivity contribution < 1.29 is 9.90 Å². The molecule has 1 aliphatic rings. The van der Waals surface area contributed by atoms with Gasteiger partial charge < -0.3 is 15.3 Å². The summed E-state index contributed by atoms with van der Waals surface area (Å²) in [7, 11) is 1.77. The summed E-state index contributed by atoms with van der Waals surface area (Å²) in [5.41, 5.74) is 0.